The molecule has 2 amide bonds. The largest absolute Gasteiger partial charge is 0.354 e. The maximum absolute atomic E-state index is 13.1. The van der Waals surface area contributed by atoms with Crippen LogP contribution < -0.4 is 5.32 Å². The summed E-state index contributed by atoms with van der Waals surface area (Å²) in [5.74, 6) is 0.192. The van der Waals surface area contributed by atoms with Crippen molar-refractivity contribution in [3.8, 4) is 0 Å². The average Bonchev–Trinajstić information content (AvgIpc) is 2.70. The molecule has 0 aliphatic heterocycles. The first kappa shape index (κ1) is 24.6. The van der Waals surface area contributed by atoms with Crippen LogP contribution in [0.15, 0.2) is 47.4 Å². The second-order valence-electron chi connectivity index (χ2n) is 7.64. The molecule has 30 heavy (non-hydrogen) atoms. The van der Waals surface area contributed by atoms with Gasteiger partial charge in [0, 0.05) is 33.6 Å². The van der Waals surface area contributed by atoms with Gasteiger partial charge in [0.25, 0.3) is 0 Å². The first-order valence-electron chi connectivity index (χ1n) is 9.88. The average molecular weight is 467 g/mol. The van der Waals surface area contributed by atoms with E-state index in [-0.39, 0.29) is 24.1 Å². The van der Waals surface area contributed by atoms with Gasteiger partial charge in [0.05, 0.1) is 5.75 Å². The van der Waals surface area contributed by atoms with E-state index >= 15 is 0 Å². The van der Waals surface area contributed by atoms with Crippen LogP contribution >= 0.6 is 35.0 Å². The van der Waals surface area contributed by atoms with Crippen molar-refractivity contribution in [3.63, 3.8) is 0 Å². The van der Waals surface area contributed by atoms with Gasteiger partial charge in [-0.2, -0.15) is 0 Å². The molecule has 1 N–H and O–H groups in total. The Kier molecular flexibility index (Phi) is 9.53. The Morgan fingerprint density at radius 1 is 1.03 bits per heavy atom. The summed E-state index contributed by atoms with van der Waals surface area (Å²) in [6, 6.07) is 12.6. The highest BCUT2D eigenvalue weighted by molar-refractivity contribution is 8.00. The lowest BCUT2D eigenvalue weighted by Crippen LogP contribution is -2.48. The fraction of sp³-hybridized carbons (Fsp3) is 0.391. The molecule has 0 aliphatic carbocycles. The van der Waals surface area contributed by atoms with E-state index in [0.717, 1.165) is 10.5 Å². The molecule has 0 aliphatic rings. The zero-order valence-electron chi connectivity index (χ0n) is 17.7. The van der Waals surface area contributed by atoms with Crippen LogP contribution in [0.2, 0.25) is 10.0 Å². The fourth-order valence-electron chi connectivity index (χ4n) is 2.75. The van der Waals surface area contributed by atoms with Crippen molar-refractivity contribution >= 4 is 46.8 Å². The van der Waals surface area contributed by atoms with E-state index in [9.17, 15) is 9.59 Å². The van der Waals surface area contributed by atoms with Gasteiger partial charge in [0.2, 0.25) is 11.8 Å². The number of amides is 2. The second kappa shape index (κ2) is 11.6. The third-order valence-corrected chi connectivity index (χ3v) is 6.33. The lowest BCUT2D eigenvalue weighted by Gasteiger charge is -2.29. The van der Waals surface area contributed by atoms with Crippen LogP contribution in [0.25, 0.3) is 0 Å². The zero-order valence-corrected chi connectivity index (χ0v) is 20.1. The Morgan fingerprint density at radius 3 is 2.20 bits per heavy atom. The van der Waals surface area contributed by atoms with Crippen molar-refractivity contribution in [2.45, 2.75) is 45.2 Å². The number of nitrogens with zero attached hydrogens (tertiary/aromatic N) is 1. The Labute approximate surface area is 193 Å². The van der Waals surface area contributed by atoms with Crippen LogP contribution in [0, 0.1) is 12.8 Å². The Hall–Kier alpha value is -1.69. The molecule has 0 fully saturated rings. The molecule has 162 valence electrons. The second-order valence-corrected chi connectivity index (χ2v) is 9.50. The van der Waals surface area contributed by atoms with Gasteiger partial charge in [0.1, 0.15) is 6.04 Å². The van der Waals surface area contributed by atoms with E-state index in [2.05, 4.69) is 5.32 Å². The van der Waals surface area contributed by atoms with Gasteiger partial charge in [-0.25, -0.2) is 0 Å². The lowest BCUT2D eigenvalue weighted by molar-refractivity contribution is -0.138. The normalized spacial score (nSPS) is 12.0. The molecule has 1 atom stereocenters. The van der Waals surface area contributed by atoms with E-state index < -0.39 is 6.04 Å². The molecule has 2 aromatic rings. The molecule has 0 spiro atoms. The number of rotatable bonds is 9. The third kappa shape index (κ3) is 7.22. The first-order valence-corrected chi connectivity index (χ1v) is 11.6. The van der Waals surface area contributed by atoms with Crippen molar-refractivity contribution in [1.29, 1.82) is 0 Å². The minimum Gasteiger partial charge on any atom is -0.354 e. The van der Waals surface area contributed by atoms with Crippen LogP contribution in [0.4, 0.5) is 0 Å². The van der Waals surface area contributed by atoms with Gasteiger partial charge in [-0.15, -0.1) is 11.8 Å². The number of halogens is 2. The van der Waals surface area contributed by atoms with E-state index in [1.165, 1.54) is 11.8 Å². The number of carbonyl (C=O) groups excluding carboxylic acids is 2. The Balaban J connectivity index is 2.19. The topological polar surface area (TPSA) is 49.4 Å². The molecular formula is C23H28Cl2N2O2S. The quantitative estimate of drug-likeness (QED) is 0.490. The maximum Gasteiger partial charge on any atom is 0.242 e. The molecule has 7 heteroatoms. The first-order chi connectivity index (χ1) is 14.2. The molecule has 2 aromatic carbocycles. The molecular weight excluding hydrogens is 439 g/mol. The van der Waals surface area contributed by atoms with E-state index in [1.807, 2.05) is 45.0 Å². The van der Waals surface area contributed by atoms with E-state index in [1.54, 1.807) is 30.0 Å². The van der Waals surface area contributed by atoms with Crippen LogP contribution in [0.3, 0.4) is 0 Å². The van der Waals surface area contributed by atoms with Crippen molar-refractivity contribution in [3.05, 3.63) is 63.6 Å². The SMILES string of the molecule is Cc1ccc(SCC(=O)N(Cc2c(Cl)cccc2Cl)[C@@H](C)C(=O)NCC(C)C)cc1. The predicted octanol–water partition coefficient (Wildman–Crippen LogP) is 5.58. The summed E-state index contributed by atoms with van der Waals surface area (Å²) in [5.41, 5.74) is 1.80. The van der Waals surface area contributed by atoms with Crippen LogP contribution in [0.5, 0.6) is 0 Å². The van der Waals surface area contributed by atoms with E-state index in [0.29, 0.717) is 28.1 Å². The van der Waals surface area contributed by atoms with Crippen LogP contribution in [-0.2, 0) is 16.1 Å². The van der Waals surface area contributed by atoms with Gasteiger partial charge in [-0.3, -0.25) is 9.59 Å². The van der Waals surface area contributed by atoms with Crippen molar-refractivity contribution in [2.24, 2.45) is 5.92 Å². The van der Waals surface area contributed by atoms with Gasteiger partial charge < -0.3 is 10.2 Å². The van der Waals surface area contributed by atoms with Crippen LogP contribution in [-0.4, -0.2) is 35.1 Å². The summed E-state index contributed by atoms with van der Waals surface area (Å²) < 4.78 is 0. The monoisotopic (exact) mass is 466 g/mol. The number of aryl methyl sites for hydroxylation is 1. The molecule has 4 nitrogen and oxygen atoms in total. The zero-order chi connectivity index (χ0) is 22.3. The minimum absolute atomic E-state index is 0.149. The standard InChI is InChI=1S/C23H28Cl2N2O2S/c1-15(2)12-26-23(29)17(4)27(13-19-20(24)6-5-7-21(19)25)22(28)14-30-18-10-8-16(3)9-11-18/h5-11,15,17H,12-14H2,1-4H3,(H,26,29)/t17-/m0/s1. The lowest BCUT2D eigenvalue weighted by atomic mass is 10.1. The summed E-state index contributed by atoms with van der Waals surface area (Å²) in [4.78, 5) is 28.4. The van der Waals surface area contributed by atoms with Crippen molar-refractivity contribution in [2.75, 3.05) is 12.3 Å². The summed E-state index contributed by atoms with van der Waals surface area (Å²) in [6.07, 6.45) is 0. The smallest absolute Gasteiger partial charge is 0.242 e. The molecule has 0 aromatic heterocycles. The Morgan fingerprint density at radius 2 is 1.63 bits per heavy atom. The van der Waals surface area contributed by atoms with Gasteiger partial charge in [-0.1, -0.05) is 60.8 Å². The van der Waals surface area contributed by atoms with Crippen molar-refractivity contribution < 1.29 is 9.59 Å². The molecule has 0 bridgehead atoms. The predicted molar refractivity (Wildman–Crippen MR) is 126 cm³/mol. The maximum atomic E-state index is 13.1. The summed E-state index contributed by atoms with van der Waals surface area (Å²) in [6.45, 7) is 8.52. The molecule has 2 rings (SSSR count). The molecule has 0 radical (unpaired) electrons. The summed E-state index contributed by atoms with van der Waals surface area (Å²) in [7, 11) is 0. The number of hydrogen-bond acceptors (Lipinski definition) is 3. The van der Waals surface area contributed by atoms with Gasteiger partial charge in [-0.05, 0) is 44.0 Å². The highest BCUT2D eigenvalue weighted by Crippen LogP contribution is 2.27. The van der Waals surface area contributed by atoms with Gasteiger partial charge in [0.15, 0.2) is 0 Å². The van der Waals surface area contributed by atoms with Crippen LogP contribution in [0.1, 0.15) is 31.9 Å². The molecule has 0 unspecified atom stereocenters. The number of nitrogens with one attached hydrogen (secondary N) is 1. The molecule has 0 saturated carbocycles. The van der Waals surface area contributed by atoms with E-state index in [4.69, 9.17) is 23.2 Å². The number of thioether (sulfide) groups is 1. The number of hydrogen-bond donors (Lipinski definition) is 1. The molecule has 0 heterocycles. The van der Waals surface area contributed by atoms with Crippen molar-refractivity contribution in [1.82, 2.24) is 10.2 Å². The summed E-state index contributed by atoms with van der Waals surface area (Å²) in [5, 5.41) is 3.85. The minimum atomic E-state index is -0.651. The number of benzene rings is 2. The third-order valence-electron chi connectivity index (χ3n) is 4.63. The summed E-state index contributed by atoms with van der Waals surface area (Å²) >= 11 is 14.1. The highest BCUT2D eigenvalue weighted by atomic mass is 35.5. The Bertz CT molecular complexity index is 852. The fourth-order valence-corrected chi connectivity index (χ4v) is 4.05. The molecule has 0 saturated heterocycles. The van der Waals surface area contributed by atoms with Gasteiger partial charge >= 0.3 is 0 Å². The number of carbonyl (C=O) groups is 2. The highest BCUT2D eigenvalue weighted by Gasteiger charge is 2.27.